The van der Waals surface area contributed by atoms with Gasteiger partial charge in [-0.1, -0.05) is 18.2 Å². The molecule has 0 aromatic heterocycles. The van der Waals surface area contributed by atoms with E-state index >= 15 is 0 Å². The van der Waals surface area contributed by atoms with Crippen LogP contribution < -0.4 is 9.47 Å². The molecule has 3 rings (SSSR count). The highest BCUT2D eigenvalue weighted by Crippen LogP contribution is 2.34. The second-order valence-electron chi connectivity index (χ2n) is 4.39. The highest BCUT2D eigenvalue weighted by atomic mass is 32.2. The first-order valence-corrected chi connectivity index (χ1v) is 7.48. The van der Waals surface area contributed by atoms with Crippen molar-refractivity contribution in [2.45, 2.75) is 4.90 Å². The number of benzene rings is 2. The molecule has 0 bridgehead atoms. The minimum absolute atomic E-state index is 0.0837. The molecule has 1 heterocycles. The molecule has 0 aliphatic carbocycles. The molecular formula is C16H12O4S. The van der Waals surface area contributed by atoms with Crippen LogP contribution in [0.1, 0.15) is 10.4 Å². The number of carbonyl (C=O) groups is 1. The Morgan fingerprint density at radius 2 is 1.90 bits per heavy atom. The third kappa shape index (κ3) is 2.60. The summed E-state index contributed by atoms with van der Waals surface area (Å²) >= 11 is 0. The number of methoxy groups -OCH3 is 1. The number of Topliss-reactive ketones (excluding diaryl/α,β-unsaturated/α-hetero) is 1. The Kier molecular flexibility index (Phi) is 3.58. The molecule has 2 aromatic carbocycles. The number of ether oxygens (including phenoxy) is 2. The summed E-state index contributed by atoms with van der Waals surface area (Å²) in [4.78, 5) is 12.8. The fourth-order valence-electron chi connectivity index (χ4n) is 2.00. The highest BCUT2D eigenvalue weighted by molar-refractivity contribution is 7.88. The van der Waals surface area contributed by atoms with Gasteiger partial charge in [0.15, 0.2) is 5.76 Å². The van der Waals surface area contributed by atoms with Crippen LogP contribution in [0.25, 0.3) is 0 Å². The van der Waals surface area contributed by atoms with Gasteiger partial charge in [-0.25, -0.2) is 4.21 Å². The summed E-state index contributed by atoms with van der Waals surface area (Å²) in [5.74, 6) is 0.847. The van der Waals surface area contributed by atoms with Crippen molar-refractivity contribution in [3.63, 3.8) is 0 Å². The van der Waals surface area contributed by atoms with Gasteiger partial charge in [0, 0.05) is 11.0 Å². The Hall–Kier alpha value is -2.40. The van der Waals surface area contributed by atoms with Gasteiger partial charge in [0.1, 0.15) is 11.5 Å². The SMILES string of the molecule is COc1ccc2c(c1)O/C(=C\S(=O)c1ccccc1)C2=O. The molecule has 0 N–H and O–H groups in total. The molecule has 0 saturated heterocycles. The van der Waals surface area contributed by atoms with Crippen molar-refractivity contribution < 1.29 is 18.5 Å². The van der Waals surface area contributed by atoms with Crippen molar-refractivity contribution in [2.24, 2.45) is 0 Å². The van der Waals surface area contributed by atoms with Crippen molar-refractivity contribution in [3.05, 3.63) is 65.3 Å². The molecular weight excluding hydrogens is 288 g/mol. The van der Waals surface area contributed by atoms with Crippen molar-refractivity contribution in [3.8, 4) is 11.5 Å². The smallest absolute Gasteiger partial charge is 0.232 e. The van der Waals surface area contributed by atoms with Gasteiger partial charge in [0.2, 0.25) is 5.78 Å². The first kappa shape index (κ1) is 13.6. The largest absolute Gasteiger partial charge is 0.497 e. The summed E-state index contributed by atoms with van der Waals surface area (Å²) in [6, 6.07) is 13.9. The minimum Gasteiger partial charge on any atom is -0.497 e. The first-order valence-electron chi connectivity index (χ1n) is 6.27. The number of ketones is 1. The van der Waals surface area contributed by atoms with Crippen LogP contribution in [0.3, 0.4) is 0 Å². The normalized spacial score (nSPS) is 16.4. The number of fused-ring (bicyclic) bond motifs is 1. The number of carbonyl (C=O) groups excluding carboxylic acids is 1. The monoisotopic (exact) mass is 300 g/mol. The number of hydrogen-bond donors (Lipinski definition) is 0. The Labute approximate surface area is 124 Å². The van der Waals surface area contributed by atoms with E-state index in [1.807, 2.05) is 6.07 Å². The molecule has 0 spiro atoms. The molecule has 4 nitrogen and oxygen atoms in total. The maximum absolute atomic E-state index is 12.2. The van der Waals surface area contributed by atoms with Crippen molar-refractivity contribution in [2.75, 3.05) is 7.11 Å². The van der Waals surface area contributed by atoms with Gasteiger partial charge in [-0.2, -0.15) is 0 Å². The summed E-state index contributed by atoms with van der Waals surface area (Å²) in [5.41, 5.74) is 0.451. The zero-order valence-electron chi connectivity index (χ0n) is 11.2. The van der Waals surface area contributed by atoms with Gasteiger partial charge in [-0.3, -0.25) is 4.79 Å². The molecule has 0 fully saturated rings. The lowest BCUT2D eigenvalue weighted by Gasteiger charge is -2.01. The molecule has 0 saturated carbocycles. The Morgan fingerprint density at radius 3 is 2.62 bits per heavy atom. The molecule has 106 valence electrons. The Bertz CT molecular complexity index is 750. The molecule has 1 aliphatic heterocycles. The first-order chi connectivity index (χ1) is 10.2. The van der Waals surface area contributed by atoms with E-state index in [9.17, 15) is 9.00 Å². The predicted octanol–water partition coefficient (Wildman–Crippen LogP) is 2.92. The lowest BCUT2D eigenvalue weighted by Crippen LogP contribution is -2.00. The van der Waals surface area contributed by atoms with Crippen molar-refractivity contribution >= 4 is 16.6 Å². The number of allylic oxidation sites excluding steroid dienone is 1. The standard InChI is InChI=1S/C16H12O4S/c1-19-11-7-8-13-14(9-11)20-15(16(13)17)10-21(18)12-5-3-2-4-6-12/h2-10H,1H3/b15-10-. The molecule has 1 unspecified atom stereocenters. The maximum Gasteiger partial charge on any atom is 0.232 e. The van der Waals surface area contributed by atoms with Crippen LogP contribution in [0.15, 0.2) is 64.6 Å². The third-order valence-corrected chi connectivity index (χ3v) is 4.23. The summed E-state index contributed by atoms with van der Waals surface area (Å²) < 4.78 is 22.8. The van der Waals surface area contributed by atoms with Crippen LogP contribution in [0.2, 0.25) is 0 Å². The van der Waals surface area contributed by atoms with Crippen LogP contribution >= 0.6 is 0 Å². The molecule has 21 heavy (non-hydrogen) atoms. The summed E-state index contributed by atoms with van der Waals surface area (Å²) in [7, 11) is 0.113. The molecule has 0 amide bonds. The molecule has 5 heteroatoms. The van der Waals surface area contributed by atoms with Gasteiger partial charge in [0.05, 0.1) is 28.9 Å². The maximum atomic E-state index is 12.2. The highest BCUT2D eigenvalue weighted by Gasteiger charge is 2.28. The number of hydrogen-bond acceptors (Lipinski definition) is 4. The average molecular weight is 300 g/mol. The van der Waals surface area contributed by atoms with Gasteiger partial charge in [0.25, 0.3) is 0 Å². The van der Waals surface area contributed by atoms with E-state index in [0.29, 0.717) is 22.0 Å². The third-order valence-electron chi connectivity index (χ3n) is 3.07. The van der Waals surface area contributed by atoms with Crippen LogP contribution in [0.5, 0.6) is 11.5 Å². The topological polar surface area (TPSA) is 52.6 Å². The second-order valence-corrected chi connectivity index (χ2v) is 5.69. The van der Waals surface area contributed by atoms with E-state index in [1.165, 1.54) is 5.41 Å². The lowest BCUT2D eigenvalue weighted by atomic mass is 10.1. The quantitative estimate of drug-likeness (QED) is 0.818. The average Bonchev–Trinajstić information content (AvgIpc) is 2.83. The summed E-state index contributed by atoms with van der Waals surface area (Å²) in [5, 5.41) is 1.34. The minimum atomic E-state index is -1.43. The van der Waals surface area contributed by atoms with Gasteiger partial charge < -0.3 is 9.47 Å². The fourth-order valence-corrected chi connectivity index (χ4v) is 2.91. The van der Waals surface area contributed by atoms with E-state index in [4.69, 9.17) is 9.47 Å². The van der Waals surface area contributed by atoms with Crippen LogP contribution in [0.4, 0.5) is 0 Å². The van der Waals surface area contributed by atoms with Crippen molar-refractivity contribution in [1.29, 1.82) is 0 Å². The van der Waals surface area contributed by atoms with E-state index in [1.54, 1.807) is 49.6 Å². The summed E-state index contributed by atoms with van der Waals surface area (Å²) in [6.07, 6.45) is 0. The van der Waals surface area contributed by atoms with E-state index in [2.05, 4.69) is 0 Å². The van der Waals surface area contributed by atoms with E-state index in [-0.39, 0.29) is 11.5 Å². The second kappa shape index (κ2) is 5.54. The van der Waals surface area contributed by atoms with Crippen molar-refractivity contribution in [1.82, 2.24) is 0 Å². The number of rotatable bonds is 3. The Balaban J connectivity index is 1.90. The van der Waals surface area contributed by atoms with E-state index in [0.717, 1.165) is 0 Å². The zero-order valence-corrected chi connectivity index (χ0v) is 12.1. The van der Waals surface area contributed by atoms with E-state index < -0.39 is 10.8 Å². The van der Waals surface area contributed by atoms with Crippen LogP contribution in [-0.2, 0) is 10.8 Å². The Morgan fingerprint density at radius 1 is 1.14 bits per heavy atom. The molecule has 0 radical (unpaired) electrons. The summed E-state index contributed by atoms with van der Waals surface area (Å²) in [6.45, 7) is 0. The lowest BCUT2D eigenvalue weighted by molar-refractivity contribution is 0.101. The fraction of sp³-hybridized carbons (Fsp3) is 0.0625. The van der Waals surface area contributed by atoms with Gasteiger partial charge in [-0.15, -0.1) is 0 Å². The van der Waals surface area contributed by atoms with Gasteiger partial charge >= 0.3 is 0 Å². The van der Waals surface area contributed by atoms with Gasteiger partial charge in [-0.05, 0) is 24.3 Å². The van der Waals surface area contributed by atoms with Crippen LogP contribution in [-0.4, -0.2) is 17.1 Å². The molecule has 2 aromatic rings. The molecule has 1 atom stereocenters. The molecule has 1 aliphatic rings. The zero-order chi connectivity index (χ0) is 14.8. The van der Waals surface area contributed by atoms with Crippen LogP contribution in [0, 0.1) is 0 Å². The predicted molar refractivity (Wildman–Crippen MR) is 78.9 cm³/mol.